The first kappa shape index (κ1) is 11.3. The second-order valence-electron chi connectivity index (χ2n) is 4.60. The fourth-order valence-corrected chi connectivity index (χ4v) is 2.29. The lowest BCUT2D eigenvalue weighted by atomic mass is 10.0. The van der Waals surface area contributed by atoms with Crippen molar-refractivity contribution < 1.29 is 4.74 Å². The Morgan fingerprint density at radius 1 is 1.31 bits per heavy atom. The Balaban J connectivity index is 2.23. The van der Waals surface area contributed by atoms with Gasteiger partial charge in [0, 0.05) is 0 Å². The Hall–Kier alpha value is -1.18. The van der Waals surface area contributed by atoms with E-state index in [1.165, 1.54) is 12.0 Å². The quantitative estimate of drug-likeness (QED) is 0.836. The van der Waals surface area contributed by atoms with Crippen molar-refractivity contribution >= 4 is 5.69 Å². The molecule has 2 atom stereocenters. The Bertz CT molecular complexity index is 362. The van der Waals surface area contributed by atoms with Gasteiger partial charge in [-0.25, -0.2) is 0 Å². The Morgan fingerprint density at radius 2 is 2.12 bits per heavy atom. The molecule has 2 nitrogen and oxygen atoms in total. The summed E-state index contributed by atoms with van der Waals surface area (Å²) in [4.78, 5) is 0. The third-order valence-corrected chi connectivity index (χ3v) is 3.22. The van der Waals surface area contributed by atoms with Crippen molar-refractivity contribution in [1.82, 2.24) is 0 Å². The fourth-order valence-electron chi connectivity index (χ4n) is 2.29. The number of nitrogens with one attached hydrogen (secondary N) is 1. The van der Waals surface area contributed by atoms with Crippen LogP contribution in [0.4, 0.5) is 5.69 Å². The van der Waals surface area contributed by atoms with Crippen molar-refractivity contribution in [3.05, 3.63) is 23.8 Å². The molecule has 0 aliphatic carbocycles. The summed E-state index contributed by atoms with van der Waals surface area (Å²) in [5.41, 5.74) is 2.40. The predicted molar refractivity (Wildman–Crippen MR) is 68.2 cm³/mol. The van der Waals surface area contributed by atoms with Crippen molar-refractivity contribution in [3.8, 4) is 5.75 Å². The van der Waals surface area contributed by atoms with Crippen LogP contribution in [0.5, 0.6) is 5.75 Å². The minimum Gasteiger partial charge on any atom is -0.486 e. The molecule has 88 valence electrons. The molecule has 1 heterocycles. The first-order chi connectivity index (χ1) is 7.74. The van der Waals surface area contributed by atoms with Crippen LogP contribution in [0.1, 0.15) is 38.7 Å². The number of benzene rings is 1. The zero-order valence-corrected chi connectivity index (χ0v) is 10.4. The Kier molecular flexibility index (Phi) is 3.37. The van der Waals surface area contributed by atoms with Gasteiger partial charge in [0.2, 0.25) is 0 Å². The van der Waals surface area contributed by atoms with E-state index in [1.54, 1.807) is 0 Å². The number of hydrogen-bond donors (Lipinski definition) is 1. The fraction of sp³-hybridized carbons (Fsp3) is 0.571. The van der Waals surface area contributed by atoms with Crippen LogP contribution >= 0.6 is 0 Å². The van der Waals surface area contributed by atoms with Crippen LogP contribution in [0.15, 0.2) is 18.2 Å². The maximum absolute atomic E-state index is 6.09. The van der Waals surface area contributed by atoms with Gasteiger partial charge in [-0.15, -0.1) is 0 Å². The minimum atomic E-state index is 0.323. The van der Waals surface area contributed by atoms with E-state index < -0.39 is 0 Å². The zero-order chi connectivity index (χ0) is 11.5. The lowest BCUT2D eigenvalue weighted by molar-refractivity contribution is 0.155. The summed E-state index contributed by atoms with van der Waals surface area (Å²) in [5.74, 6) is 1.02. The smallest absolute Gasteiger partial charge is 0.143 e. The highest BCUT2D eigenvalue weighted by molar-refractivity contribution is 5.60. The van der Waals surface area contributed by atoms with E-state index in [1.807, 2.05) is 0 Å². The van der Waals surface area contributed by atoms with Crippen LogP contribution in [0, 0.1) is 6.92 Å². The third-order valence-electron chi connectivity index (χ3n) is 3.22. The number of rotatable bonds is 3. The van der Waals surface area contributed by atoms with Crippen LogP contribution in [0.25, 0.3) is 0 Å². The van der Waals surface area contributed by atoms with Crippen molar-refractivity contribution in [3.63, 3.8) is 0 Å². The molecule has 2 heteroatoms. The SMILES string of the molecule is CCCC1Oc2cc(C)ccc2NC1CC. The summed E-state index contributed by atoms with van der Waals surface area (Å²) < 4.78 is 6.09. The molecule has 1 N–H and O–H groups in total. The number of fused-ring (bicyclic) bond motifs is 1. The molecule has 2 rings (SSSR count). The van der Waals surface area contributed by atoms with Crippen molar-refractivity contribution in [2.24, 2.45) is 0 Å². The third kappa shape index (κ3) is 2.16. The van der Waals surface area contributed by atoms with Gasteiger partial charge in [0.05, 0.1) is 11.7 Å². The molecular weight excluding hydrogens is 198 g/mol. The average Bonchev–Trinajstić information content (AvgIpc) is 2.28. The summed E-state index contributed by atoms with van der Waals surface area (Å²) in [6.45, 7) is 6.52. The molecule has 1 aromatic rings. The van der Waals surface area contributed by atoms with E-state index >= 15 is 0 Å². The number of ether oxygens (including phenoxy) is 1. The second-order valence-corrected chi connectivity index (χ2v) is 4.60. The molecule has 1 aromatic carbocycles. The predicted octanol–water partition coefficient (Wildman–Crippen LogP) is 3.75. The maximum atomic E-state index is 6.09. The molecule has 2 unspecified atom stereocenters. The molecule has 0 saturated carbocycles. The van der Waals surface area contributed by atoms with Gasteiger partial charge in [-0.3, -0.25) is 0 Å². The van der Waals surface area contributed by atoms with Crippen molar-refractivity contribution in [2.75, 3.05) is 5.32 Å². The maximum Gasteiger partial charge on any atom is 0.143 e. The molecule has 0 fully saturated rings. The van der Waals surface area contributed by atoms with E-state index in [-0.39, 0.29) is 0 Å². The first-order valence-corrected chi connectivity index (χ1v) is 6.28. The van der Waals surface area contributed by atoms with Gasteiger partial charge >= 0.3 is 0 Å². The van der Waals surface area contributed by atoms with Crippen LogP contribution in [-0.2, 0) is 0 Å². The molecule has 1 aliphatic rings. The van der Waals surface area contributed by atoms with E-state index in [2.05, 4.69) is 44.3 Å². The standard InChI is InChI=1S/C14H21NO/c1-4-6-13-11(5-2)15-12-8-7-10(3)9-14(12)16-13/h7-9,11,13,15H,4-6H2,1-3H3. The number of hydrogen-bond acceptors (Lipinski definition) is 2. The van der Waals surface area contributed by atoms with Crippen LogP contribution in [0.3, 0.4) is 0 Å². The molecule has 0 aromatic heterocycles. The molecule has 0 bridgehead atoms. The summed E-state index contributed by atoms with van der Waals surface area (Å²) in [6, 6.07) is 6.82. The summed E-state index contributed by atoms with van der Waals surface area (Å²) in [5, 5.41) is 3.58. The highest BCUT2D eigenvalue weighted by atomic mass is 16.5. The normalized spacial score (nSPS) is 23.2. The highest BCUT2D eigenvalue weighted by Gasteiger charge is 2.27. The van der Waals surface area contributed by atoms with Crippen LogP contribution in [0.2, 0.25) is 0 Å². The largest absolute Gasteiger partial charge is 0.486 e. The molecule has 0 amide bonds. The van der Waals surface area contributed by atoms with Crippen LogP contribution in [-0.4, -0.2) is 12.1 Å². The van der Waals surface area contributed by atoms with Gasteiger partial charge in [-0.1, -0.05) is 26.3 Å². The molecular formula is C14H21NO. The van der Waals surface area contributed by atoms with Gasteiger partial charge in [0.1, 0.15) is 11.9 Å². The summed E-state index contributed by atoms with van der Waals surface area (Å²) in [7, 11) is 0. The van der Waals surface area contributed by atoms with Gasteiger partial charge in [0.15, 0.2) is 0 Å². The Morgan fingerprint density at radius 3 is 2.81 bits per heavy atom. The summed E-state index contributed by atoms with van der Waals surface area (Å²) >= 11 is 0. The van der Waals surface area contributed by atoms with Gasteiger partial charge in [-0.05, 0) is 37.5 Å². The van der Waals surface area contributed by atoms with E-state index in [0.29, 0.717) is 12.1 Å². The highest BCUT2D eigenvalue weighted by Crippen LogP contribution is 2.34. The lowest BCUT2D eigenvalue weighted by Crippen LogP contribution is -2.40. The van der Waals surface area contributed by atoms with Crippen molar-refractivity contribution in [2.45, 2.75) is 52.2 Å². The van der Waals surface area contributed by atoms with E-state index in [9.17, 15) is 0 Å². The number of anilines is 1. The van der Waals surface area contributed by atoms with E-state index in [0.717, 1.165) is 24.3 Å². The minimum absolute atomic E-state index is 0.323. The molecule has 0 spiro atoms. The van der Waals surface area contributed by atoms with Crippen molar-refractivity contribution in [1.29, 1.82) is 0 Å². The van der Waals surface area contributed by atoms with E-state index in [4.69, 9.17) is 4.74 Å². The topological polar surface area (TPSA) is 21.3 Å². The first-order valence-electron chi connectivity index (χ1n) is 6.28. The zero-order valence-electron chi connectivity index (χ0n) is 10.4. The monoisotopic (exact) mass is 219 g/mol. The summed E-state index contributed by atoms with van der Waals surface area (Å²) in [6.07, 6.45) is 3.73. The molecule has 16 heavy (non-hydrogen) atoms. The van der Waals surface area contributed by atoms with Crippen LogP contribution < -0.4 is 10.1 Å². The lowest BCUT2D eigenvalue weighted by Gasteiger charge is -2.34. The second kappa shape index (κ2) is 4.77. The van der Waals surface area contributed by atoms with Gasteiger partial charge < -0.3 is 10.1 Å². The average molecular weight is 219 g/mol. The van der Waals surface area contributed by atoms with Gasteiger partial charge in [0.25, 0.3) is 0 Å². The molecule has 0 radical (unpaired) electrons. The molecule has 0 saturated heterocycles. The van der Waals surface area contributed by atoms with Gasteiger partial charge in [-0.2, -0.15) is 0 Å². The number of aryl methyl sites for hydroxylation is 1. The Labute approximate surface area is 98.0 Å². The molecule has 1 aliphatic heterocycles.